The topological polar surface area (TPSA) is 145 Å². The monoisotopic (exact) mass is 275 g/mol. The first kappa shape index (κ1) is 17.3. The average Bonchev–Trinajstić information content (AvgIpc) is 2.33. The highest BCUT2D eigenvalue weighted by atomic mass is 16.5. The molecule has 1 unspecified atom stereocenters. The van der Waals surface area contributed by atoms with Crippen LogP contribution in [0.15, 0.2) is 0 Å². The summed E-state index contributed by atoms with van der Waals surface area (Å²) < 4.78 is 4.82. The Labute approximate surface area is 111 Å². The molecule has 6 N–H and O–H groups in total. The van der Waals surface area contributed by atoms with Gasteiger partial charge in [0.2, 0.25) is 11.8 Å². The molecule has 0 spiro atoms. The minimum Gasteiger partial charge on any atom is -0.480 e. The Kier molecular flexibility index (Phi) is 8.47. The Balaban J connectivity index is 4.22. The van der Waals surface area contributed by atoms with Crippen LogP contribution < -0.4 is 16.8 Å². The van der Waals surface area contributed by atoms with Crippen molar-refractivity contribution in [1.29, 1.82) is 0 Å². The summed E-state index contributed by atoms with van der Waals surface area (Å²) in [6, 6.07) is -1.96. The van der Waals surface area contributed by atoms with E-state index in [-0.39, 0.29) is 12.8 Å². The van der Waals surface area contributed by atoms with Crippen molar-refractivity contribution < 1.29 is 24.2 Å². The smallest absolute Gasteiger partial charge is 0.326 e. The number of hydrogen-bond donors (Lipinski definition) is 4. The van der Waals surface area contributed by atoms with Crippen molar-refractivity contribution in [1.82, 2.24) is 5.32 Å². The predicted octanol–water partition coefficient (Wildman–Crippen LogP) is -1.42. The van der Waals surface area contributed by atoms with Crippen LogP contribution in [0.5, 0.6) is 0 Å². The van der Waals surface area contributed by atoms with Gasteiger partial charge in [-0.05, 0) is 19.3 Å². The fourth-order valence-corrected chi connectivity index (χ4v) is 1.40. The molecule has 0 saturated heterocycles. The quantitative estimate of drug-likeness (QED) is 0.360. The Bertz CT molecular complexity index is 321. The number of methoxy groups -OCH3 is 1. The summed E-state index contributed by atoms with van der Waals surface area (Å²) in [5, 5.41) is 11.2. The molecule has 8 heteroatoms. The fraction of sp³-hybridized carbons (Fsp3) is 0.727. The molecule has 0 aliphatic carbocycles. The molecule has 0 bridgehead atoms. The largest absolute Gasteiger partial charge is 0.480 e. The number of carbonyl (C=O) groups excluding carboxylic acids is 2. The van der Waals surface area contributed by atoms with E-state index in [1.807, 2.05) is 0 Å². The molecule has 8 nitrogen and oxygen atoms in total. The van der Waals surface area contributed by atoms with Crippen LogP contribution in [0.2, 0.25) is 0 Å². The summed E-state index contributed by atoms with van der Waals surface area (Å²) in [7, 11) is 1.54. The highest BCUT2D eigenvalue weighted by molar-refractivity contribution is 5.87. The summed E-state index contributed by atoms with van der Waals surface area (Å²) in [5.41, 5.74) is 10.5. The molecule has 2 atom stereocenters. The van der Waals surface area contributed by atoms with Gasteiger partial charge in [0.05, 0.1) is 6.04 Å². The Morgan fingerprint density at radius 2 is 1.95 bits per heavy atom. The molecule has 0 heterocycles. The lowest BCUT2D eigenvalue weighted by Crippen LogP contribution is -2.48. The predicted molar refractivity (Wildman–Crippen MR) is 67.1 cm³/mol. The summed E-state index contributed by atoms with van der Waals surface area (Å²) in [6.07, 6.45) is 0.823. The zero-order chi connectivity index (χ0) is 14.8. The maximum absolute atomic E-state index is 11.6. The van der Waals surface area contributed by atoms with Crippen LogP contribution in [0.1, 0.15) is 25.7 Å². The third kappa shape index (κ3) is 8.11. The van der Waals surface area contributed by atoms with E-state index < -0.39 is 29.9 Å². The van der Waals surface area contributed by atoms with Gasteiger partial charge in [-0.2, -0.15) is 0 Å². The maximum atomic E-state index is 11.6. The summed E-state index contributed by atoms with van der Waals surface area (Å²) in [6.45, 7) is 0.477. The van der Waals surface area contributed by atoms with Gasteiger partial charge in [-0.1, -0.05) is 0 Å². The number of rotatable bonds is 10. The third-order valence-electron chi connectivity index (χ3n) is 2.49. The lowest BCUT2D eigenvalue weighted by atomic mass is 10.1. The molecule has 0 aromatic carbocycles. The van der Waals surface area contributed by atoms with Crippen molar-refractivity contribution in [2.75, 3.05) is 13.7 Å². The summed E-state index contributed by atoms with van der Waals surface area (Å²) in [5.74, 6) is -2.41. The van der Waals surface area contributed by atoms with Crippen molar-refractivity contribution in [3.63, 3.8) is 0 Å². The lowest BCUT2D eigenvalue weighted by Gasteiger charge is -2.17. The number of carbonyl (C=O) groups is 3. The maximum Gasteiger partial charge on any atom is 0.326 e. The number of nitrogens with one attached hydrogen (secondary N) is 1. The first-order valence-corrected chi connectivity index (χ1v) is 5.94. The van der Waals surface area contributed by atoms with Gasteiger partial charge in [-0.3, -0.25) is 9.59 Å². The fourth-order valence-electron chi connectivity index (χ4n) is 1.40. The van der Waals surface area contributed by atoms with Crippen LogP contribution in [0.3, 0.4) is 0 Å². The summed E-state index contributed by atoms with van der Waals surface area (Å²) >= 11 is 0. The average molecular weight is 275 g/mol. The number of hydrogen-bond acceptors (Lipinski definition) is 5. The molecular weight excluding hydrogens is 254 g/mol. The van der Waals surface area contributed by atoms with Crippen LogP contribution in [0, 0.1) is 0 Å². The van der Waals surface area contributed by atoms with Crippen molar-refractivity contribution >= 4 is 17.8 Å². The van der Waals surface area contributed by atoms with Crippen molar-refractivity contribution in [3.8, 4) is 0 Å². The second kappa shape index (κ2) is 9.29. The van der Waals surface area contributed by atoms with Crippen molar-refractivity contribution in [2.24, 2.45) is 11.5 Å². The molecule has 0 saturated carbocycles. The highest BCUT2D eigenvalue weighted by Gasteiger charge is 2.23. The van der Waals surface area contributed by atoms with Gasteiger partial charge in [-0.25, -0.2) is 4.79 Å². The van der Waals surface area contributed by atoms with Gasteiger partial charge in [0.1, 0.15) is 6.04 Å². The SMILES string of the molecule is COCCCC(N)C(=O)N[C@@H](CCC(N)=O)C(=O)O. The molecule has 0 radical (unpaired) electrons. The van der Waals surface area contributed by atoms with E-state index in [4.69, 9.17) is 21.3 Å². The van der Waals surface area contributed by atoms with Gasteiger partial charge >= 0.3 is 5.97 Å². The van der Waals surface area contributed by atoms with Gasteiger partial charge in [-0.15, -0.1) is 0 Å². The minimum absolute atomic E-state index is 0.0544. The van der Waals surface area contributed by atoms with E-state index in [1.165, 1.54) is 7.11 Å². The number of aliphatic carboxylic acids is 1. The van der Waals surface area contributed by atoms with Crippen molar-refractivity contribution in [3.05, 3.63) is 0 Å². The molecule has 110 valence electrons. The molecule has 0 aliphatic rings. The standard InChI is InChI=1S/C11H21N3O5/c1-19-6-2-3-7(12)10(16)14-8(11(17)18)4-5-9(13)15/h7-8H,2-6,12H2,1H3,(H2,13,15)(H,14,16)(H,17,18)/t7?,8-/m0/s1. The van der Waals surface area contributed by atoms with Crippen molar-refractivity contribution in [2.45, 2.75) is 37.8 Å². The minimum atomic E-state index is -1.22. The Hall–Kier alpha value is -1.67. The van der Waals surface area contributed by atoms with E-state index in [2.05, 4.69) is 5.32 Å². The van der Waals surface area contributed by atoms with Gasteiger partial charge < -0.3 is 26.6 Å². The van der Waals surface area contributed by atoms with Gasteiger partial charge in [0.15, 0.2) is 0 Å². The number of amides is 2. The van der Waals surface area contributed by atoms with Gasteiger partial charge in [0, 0.05) is 20.1 Å². The van der Waals surface area contributed by atoms with Crippen LogP contribution in [-0.4, -0.2) is 48.7 Å². The molecule has 0 rings (SSSR count). The van der Waals surface area contributed by atoms with E-state index in [0.29, 0.717) is 19.4 Å². The van der Waals surface area contributed by atoms with Crippen LogP contribution in [0.4, 0.5) is 0 Å². The number of carboxylic acids is 1. The normalized spacial score (nSPS) is 13.6. The second-order valence-corrected chi connectivity index (χ2v) is 4.15. The van der Waals surface area contributed by atoms with Crippen LogP contribution >= 0.6 is 0 Å². The summed E-state index contributed by atoms with van der Waals surface area (Å²) in [4.78, 5) is 33.1. The number of nitrogens with two attached hydrogens (primary N) is 2. The Morgan fingerprint density at radius 1 is 1.32 bits per heavy atom. The Morgan fingerprint density at radius 3 is 2.42 bits per heavy atom. The molecular formula is C11H21N3O5. The zero-order valence-corrected chi connectivity index (χ0v) is 10.9. The number of carboxylic acid groups (broad SMARTS) is 1. The molecule has 0 aromatic heterocycles. The molecule has 0 fully saturated rings. The van der Waals surface area contributed by atoms with E-state index >= 15 is 0 Å². The van der Waals surface area contributed by atoms with E-state index in [9.17, 15) is 14.4 Å². The molecule has 0 aliphatic heterocycles. The molecule has 2 amide bonds. The first-order chi connectivity index (χ1) is 8.88. The van der Waals surface area contributed by atoms with E-state index in [0.717, 1.165) is 0 Å². The second-order valence-electron chi connectivity index (χ2n) is 4.15. The van der Waals surface area contributed by atoms with E-state index in [1.54, 1.807) is 0 Å². The first-order valence-electron chi connectivity index (χ1n) is 5.94. The lowest BCUT2D eigenvalue weighted by molar-refractivity contribution is -0.142. The number of primary amides is 1. The molecule has 0 aromatic rings. The highest BCUT2D eigenvalue weighted by Crippen LogP contribution is 2.00. The molecule has 19 heavy (non-hydrogen) atoms. The van der Waals surface area contributed by atoms with Crippen LogP contribution in [-0.2, 0) is 19.1 Å². The number of ether oxygens (including phenoxy) is 1. The zero-order valence-electron chi connectivity index (χ0n) is 10.9. The van der Waals surface area contributed by atoms with Crippen LogP contribution in [0.25, 0.3) is 0 Å². The third-order valence-corrected chi connectivity index (χ3v) is 2.49. The van der Waals surface area contributed by atoms with Gasteiger partial charge in [0.25, 0.3) is 0 Å².